The lowest BCUT2D eigenvalue weighted by molar-refractivity contribution is -0.120. The van der Waals surface area contributed by atoms with Crippen molar-refractivity contribution in [2.24, 2.45) is 0 Å². The van der Waals surface area contributed by atoms with Crippen LogP contribution in [0.25, 0.3) is 0 Å². The molecule has 0 spiro atoms. The summed E-state index contributed by atoms with van der Waals surface area (Å²) in [5.41, 5.74) is 0. The van der Waals surface area contributed by atoms with Crippen molar-refractivity contribution in [3.05, 3.63) is 11.6 Å². The van der Waals surface area contributed by atoms with Gasteiger partial charge in [-0.05, 0) is 20.0 Å². The second-order valence-corrected chi connectivity index (χ2v) is 3.04. The number of rotatable bonds is 6. The summed E-state index contributed by atoms with van der Waals surface area (Å²) in [5.74, 6) is 0.0204. The molecule has 0 fully saturated rings. The van der Waals surface area contributed by atoms with Crippen LogP contribution < -0.4 is 10.6 Å². The fraction of sp³-hybridized carbons (Fsp3) is 0.625. The summed E-state index contributed by atoms with van der Waals surface area (Å²) in [7, 11) is 1.86. The first kappa shape index (κ1) is 11.5. The molecule has 0 aliphatic rings. The number of halogens is 1. The number of nitrogens with one attached hydrogen (secondary N) is 2. The van der Waals surface area contributed by atoms with E-state index in [1.54, 1.807) is 0 Å². The molecule has 0 atom stereocenters. The number of carbonyl (C=O) groups excluding carboxylic acids is 1. The maximum atomic E-state index is 11.0. The summed E-state index contributed by atoms with van der Waals surface area (Å²) in [4.78, 5) is 11.0. The van der Waals surface area contributed by atoms with Crippen LogP contribution in [0.2, 0.25) is 0 Å². The predicted molar refractivity (Wildman–Crippen MR) is 51.2 cm³/mol. The van der Waals surface area contributed by atoms with Crippen LogP contribution in [0.15, 0.2) is 11.6 Å². The van der Waals surface area contributed by atoms with E-state index in [2.05, 4.69) is 17.2 Å². The Bertz CT molecular complexity index is 159. The first-order chi connectivity index (χ1) is 5.66. The fourth-order valence-electron chi connectivity index (χ4n) is 0.709. The highest BCUT2D eigenvalue weighted by Gasteiger charge is 1.99. The third-order valence-electron chi connectivity index (χ3n) is 1.31. The smallest absolute Gasteiger partial charge is 0.220 e. The van der Waals surface area contributed by atoms with E-state index >= 15 is 0 Å². The number of carbonyl (C=O) groups is 1. The van der Waals surface area contributed by atoms with Gasteiger partial charge >= 0.3 is 0 Å². The van der Waals surface area contributed by atoms with Crippen LogP contribution >= 0.6 is 11.6 Å². The SMILES string of the molecule is C=C(Cl)CNC(=O)CCCNC. The van der Waals surface area contributed by atoms with Crippen molar-refractivity contribution in [3.63, 3.8) is 0 Å². The van der Waals surface area contributed by atoms with E-state index in [4.69, 9.17) is 11.6 Å². The maximum Gasteiger partial charge on any atom is 0.220 e. The molecule has 12 heavy (non-hydrogen) atoms. The normalized spacial score (nSPS) is 9.50. The van der Waals surface area contributed by atoms with Gasteiger partial charge < -0.3 is 10.6 Å². The average Bonchev–Trinajstić information content (AvgIpc) is 2.01. The van der Waals surface area contributed by atoms with Crippen LogP contribution in [0.5, 0.6) is 0 Å². The highest BCUT2D eigenvalue weighted by Crippen LogP contribution is 1.93. The molecule has 70 valence electrons. The third kappa shape index (κ3) is 7.57. The molecule has 2 N–H and O–H groups in total. The van der Waals surface area contributed by atoms with Gasteiger partial charge in [-0.1, -0.05) is 18.2 Å². The third-order valence-corrected chi connectivity index (χ3v) is 1.44. The topological polar surface area (TPSA) is 41.1 Å². The minimum Gasteiger partial charge on any atom is -0.351 e. The van der Waals surface area contributed by atoms with Gasteiger partial charge in [-0.15, -0.1) is 0 Å². The van der Waals surface area contributed by atoms with E-state index < -0.39 is 0 Å². The molecule has 4 heteroatoms. The summed E-state index contributed by atoms with van der Waals surface area (Å²) in [6.07, 6.45) is 1.38. The van der Waals surface area contributed by atoms with Crippen molar-refractivity contribution in [2.75, 3.05) is 20.1 Å². The molecule has 0 saturated carbocycles. The molecule has 0 aromatic rings. The first-order valence-corrected chi connectivity index (χ1v) is 4.29. The lowest BCUT2D eigenvalue weighted by atomic mass is 10.3. The zero-order valence-electron chi connectivity index (χ0n) is 7.32. The molecule has 0 radical (unpaired) electrons. The van der Waals surface area contributed by atoms with Gasteiger partial charge in [-0.2, -0.15) is 0 Å². The Kier molecular flexibility index (Phi) is 6.81. The molecule has 0 rings (SSSR count). The Balaban J connectivity index is 3.28. The monoisotopic (exact) mass is 190 g/mol. The lowest BCUT2D eigenvalue weighted by Crippen LogP contribution is -2.25. The highest BCUT2D eigenvalue weighted by molar-refractivity contribution is 6.29. The van der Waals surface area contributed by atoms with Gasteiger partial charge in [0.25, 0.3) is 0 Å². The summed E-state index contributed by atoms with van der Waals surface area (Å²) in [6, 6.07) is 0. The van der Waals surface area contributed by atoms with E-state index in [9.17, 15) is 4.79 Å². The van der Waals surface area contributed by atoms with Crippen molar-refractivity contribution in [3.8, 4) is 0 Å². The Morgan fingerprint density at radius 1 is 1.58 bits per heavy atom. The van der Waals surface area contributed by atoms with E-state index in [1.807, 2.05) is 7.05 Å². The Labute approximate surface area is 78.2 Å². The molecule has 3 nitrogen and oxygen atoms in total. The van der Waals surface area contributed by atoms with E-state index in [-0.39, 0.29) is 5.91 Å². The summed E-state index contributed by atoms with van der Waals surface area (Å²) < 4.78 is 0. The van der Waals surface area contributed by atoms with Crippen molar-refractivity contribution in [1.82, 2.24) is 10.6 Å². The Morgan fingerprint density at radius 2 is 2.25 bits per heavy atom. The van der Waals surface area contributed by atoms with Gasteiger partial charge in [0.05, 0.1) is 6.54 Å². The molecular weight excluding hydrogens is 176 g/mol. The molecule has 0 aromatic carbocycles. The molecule has 1 amide bonds. The van der Waals surface area contributed by atoms with Crippen molar-refractivity contribution in [2.45, 2.75) is 12.8 Å². The van der Waals surface area contributed by atoms with Gasteiger partial charge in [0.1, 0.15) is 0 Å². The second kappa shape index (κ2) is 7.13. The number of amides is 1. The molecule has 0 saturated heterocycles. The summed E-state index contributed by atoms with van der Waals surface area (Å²) in [6.45, 7) is 4.68. The fourth-order valence-corrected chi connectivity index (χ4v) is 0.775. The maximum absolute atomic E-state index is 11.0. The van der Waals surface area contributed by atoms with Crippen LogP contribution in [0, 0.1) is 0 Å². The molecular formula is C8H15ClN2O. The van der Waals surface area contributed by atoms with Crippen molar-refractivity contribution in [1.29, 1.82) is 0 Å². The van der Waals surface area contributed by atoms with Crippen LogP contribution in [-0.4, -0.2) is 26.0 Å². The lowest BCUT2D eigenvalue weighted by Gasteiger charge is -2.02. The van der Waals surface area contributed by atoms with E-state index in [0.29, 0.717) is 18.0 Å². The van der Waals surface area contributed by atoms with Crippen molar-refractivity contribution >= 4 is 17.5 Å². The minimum absolute atomic E-state index is 0.0204. The summed E-state index contributed by atoms with van der Waals surface area (Å²) >= 11 is 5.46. The molecule has 0 heterocycles. The summed E-state index contributed by atoms with van der Waals surface area (Å²) in [5, 5.41) is 6.06. The Hall–Kier alpha value is -0.540. The van der Waals surface area contributed by atoms with Crippen LogP contribution in [0.1, 0.15) is 12.8 Å². The van der Waals surface area contributed by atoms with Crippen LogP contribution in [0.4, 0.5) is 0 Å². The van der Waals surface area contributed by atoms with E-state index in [0.717, 1.165) is 13.0 Å². The molecule has 0 aliphatic carbocycles. The molecule has 0 aromatic heterocycles. The first-order valence-electron chi connectivity index (χ1n) is 3.91. The largest absolute Gasteiger partial charge is 0.351 e. The average molecular weight is 191 g/mol. The van der Waals surface area contributed by atoms with Crippen molar-refractivity contribution < 1.29 is 4.79 Å². The second-order valence-electron chi connectivity index (χ2n) is 2.50. The van der Waals surface area contributed by atoms with E-state index in [1.165, 1.54) is 0 Å². The molecule has 0 unspecified atom stereocenters. The van der Waals surface area contributed by atoms with Crippen LogP contribution in [-0.2, 0) is 4.79 Å². The van der Waals surface area contributed by atoms with Gasteiger partial charge in [0.15, 0.2) is 0 Å². The molecule has 0 bridgehead atoms. The predicted octanol–water partition coefficient (Wildman–Crippen LogP) is 0.855. The number of hydrogen-bond acceptors (Lipinski definition) is 2. The minimum atomic E-state index is 0.0204. The number of hydrogen-bond donors (Lipinski definition) is 2. The van der Waals surface area contributed by atoms with Crippen LogP contribution in [0.3, 0.4) is 0 Å². The zero-order chi connectivity index (χ0) is 9.40. The quantitative estimate of drug-likeness (QED) is 0.610. The highest BCUT2D eigenvalue weighted by atomic mass is 35.5. The van der Waals surface area contributed by atoms with Gasteiger partial charge in [-0.25, -0.2) is 0 Å². The van der Waals surface area contributed by atoms with Gasteiger partial charge in [0.2, 0.25) is 5.91 Å². The van der Waals surface area contributed by atoms with Gasteiger partial charge in [0, 0.05) is 11.5 Å². The van der Waals surface area contributed by atoms with Gasteiger partial charge in [-0.3, -0.25) is 4.79 Å². The standard InChI is InChI=1S/C8H15ClN2O/c1-7(9)6-11-8(12)4-3-5-10-2/h10H,1,3-6H2,2H3,(H,11,12). The molecule has 0 aliphatic heterocycles. The Morgan fingerprint density at radius 3 is 2.75 bits per heavy atom. The zero-order valence-corrected chi connectivity index (χ0v) is 8.08.